The third-order valence-corrected chi connectivity index (χ3v) is 7.10. The number of ether oxygens (including phenoxy) is 1. The molecule has 0 radical (unpaired) electrons. The summed E-state index contributed by atoms with van der Waals surface area (Å²) in [5.74, 6) is 0.494. The molecule has 5 nitrogen and oxygen atoms in total. The summed E-state index contributed by atoms with van der Waals surface area (Å²) in [6.07, 6.45) is 3.33. The molecule has 0 unspecified atom stereocenters. The maximum atomic E-state index is 13.8. The van der Waals surface area contributed by atoms with Gasteiger partial charge in [0.25, 0.3) is 11.8 Å². The number of carbonyl (C=O) groups excluding carboxylic acids is 2. The summed E-state index contributed by atoms with van der Waals surface area (Å²) in [5, 5.41) is 0. The molecule has 0 aromatic heterocycles. The van der Waals surface area contributed by atoms with E-state index in [1.54, 1.807) is 4.90 Å². The summed E-state index contributed by atoms with van der Waals surface area (Å²) < 4.78 is 7.08. The molecule has 0 fully saturated rings. The van der Waals surface area contributed by atoms with Gasteiger partial charge in [-0.25, -0.2) is 0 Å². The van der Waals surface area contributed by atoms with Gasteiger partial charge in [-0.05, 0) is 71.4 Å². The zero-order valence-corrected chi connectivity index (χ0v) is 21.6. The molecule has 0 saturated heterocycles. The van der Waals surface area contributed by atoms with Gasteiger partial charge in [0, 0.05) is 24.6 Å². The normalized spacial score (nSPS) is 17.4. The molecular weight excluding hydrogens is 504 g/mol. The molecule has 2 amide bonds. The van der Waals surface area contributed by atoms with Crippen LogP contribution in [0.3, 0.4) is 0 Å². The molecule has 3 aromatic carbocycles. The highest BCUT2D eigenvalue weighted by Crippen LogP contribution is 2.24. The van der Waals surface area contributed by atoms with Crippen molar-refractivity contribution in [1.82, 2.24) is 9.80 Å². The smallest absolute Gasteiger partial charge is 0.257 e. The van der Waals surface area contributed by atoms with E-state index in [0.29, 0.717) is 43.0 Å². The second kappa shape index (κ2) is 12.0. The van der Waals surface area contributed by atoms with E-state index < -0.39 is 0 Å². The molecule has 4 rings (SSSR count). The van der Waals surface area contributed by atoms with E-state index in [1.165, 1.54) is 0 Å². The van der Waals surface area contributed by atoms with Crippen molar-refractivity contribution in [3.63, 3.8) is 0 Å². The van der Waals surface area contributed by atoms with Crippen LogP contribution in [0.4, 0.5) is 0 Å². The average Bonchev–Trinajstić information content (AvgIpc) is 2.89. The van der Waals surface area contributed by atoms with Gasteiger partial charge in [-0.15, -0.1) is 0 Å². The van der Waals surface area contributed by atoms with Gasteiger partial charge in [-0.1, -0.05) is 54.6 Å². The summed E-state index contributed by atoms with van der Waals surface area (Å²) in [6, 6.07) is 24.9. The van der Waals surface area contributed by atoms with E-state index >= 15 is 0 Å². The number of fused-ring (bicyclic) bond motifs is 1. The molecule has 35 heavy (non-hydrogen) atoms. The Balaban J connectivity index is 1.70. The van der Waals surface area contributed by atoms with Gasteiger partial charge in [0.2, 0.25) is 0 Å². The Labute approximate surface area is 215 Å². The number of hydrogen-bond donors (Lipinski definition) is 0. The number of hydrogen-bond acceptors (Lipinski definition) is 3. The first kappa shape index (κ1) is 25.0. The van der Waals surface area contributed by atoms with Crippen LogP contribution in [0.5, 0.6) is 5.75 Å². The van der Waals surface area contributed by atoms with E-state index in [0.717, 1.165) is 29.3 Å². The lowest BCUT2D eigenvalue weighted by atomic mass is 10.0. The number of rotatable bonds is 3. The van der Waals surface area contributed by atoms with Gasteiger partial charge in [0.1, 0.15) is 12.4 Å². The molecule has 3 aromatic rings. The second-order valence-electron chi connectivity index (χ2n) is 8.92. The lowest BCUT2D eigenvalue weighted by molar-refractivity contribution is 0.0604. The fourth-order valence-corrected chi connectivity index (χ4v) is 4.91. The molecule has 0 N–H and O–H groups in total. The van der Waals surface area contributed by atoms with Gasteiger partial charge < -0.3 is 14.5 Å². The highest BCUT2D eigenvalue weighted by Gasteiger charge is 2.28. The Morgan fingerprint density at radius 2 is 1.60 bits per heavy atom. The number of carbonyl (C=O) groups is 2. The first-order chi connectivity index (χ1) is 17.0. The predicted molar refractivity (Wildman–Crippen MR) is 142 cm³/mol. The van der Waals surface area contributed by atoms with Crippen LogP contribution in [0.1, 0.15) is 45.5 Å². The number of benzene rings is 3. The van der Waals surface area contributed by atoms with Crippen molar-refractivity contribution < 1.29 is 14.3 Å². The summed E-state index contributed by atoms with van der Waals surface area (Å²) in [5.41, 5.74) is 2.33. The fraction of sp³-hybridized carbons (Fsp3) is 0.310. The highest BCUT2D eigenvalue weighted by molar-refractivity contribution is 9.10. The van der Waals surface area contributed by atoms with E-state index in [9.17, 15) is 9.59 Å². The van der Waals surface area contributed by atoms with Gasteiger partial charge in [0.05, 0.1) is 17.2 Å². The molecule has 1 atom stereocenters. The van der Waals surface area contributed by atoms with Gasteiger partial charge in [-0.3, -0.25) is 9.59 Å². The molecule has 6 heteroatoms. The van der Waals surface area contributed by atoms with Crippen molar-refractivity contribution in [2.45, 2.75) is 31.7 Å². The third kappa shape index (κ3) is 6.31. The lowest BCUT2D eigenvalue weighted by Gasteiger charge is -2.32. The molecule has 0 saturated carbocycles. The van der Waals surface area contributed by atoms with Crippen molar-refractivity contribution in [1.29, 1.82) is 0 Å². The summed E-state index contributed by atoms with van der Waals surface area (Å²) in [7, 11) is 1.83. The average molecular weight is 535 g/mol. The molecular formula is C29H31BrN2O3. The van der Waals surface area contributed by atoms with E-state index in [2.05, 4.69) is 28.1 Å². The minimum absolute atomic E-state index is 0.0154. The topological polar surface area (TPSA) is 49.9 Å². The number of nitrogens with zero attached hydrogens (tertiary/aromatic N) is 2. The van der Waals surface area contributed by atoms with Crippen LogP contribution in [0.2, 0.25) is 0 Å². The summed E-state index contributed by atoms with van der Waals surface area (Å²) in [4.78, 5) is 30.6. The second-order valence-corrected chi connectivity index (χ2v) is 9.77. The van der Waals surface area contributed by atoms with Crippen LogP contribution in [0.15, 0.2) is 83.3 Å². The Morgan fingerprint density at radius 3 is 2.40 bits per heavy atom. The van der Waals surface area contributed by atoms with Crippen molar-refractivity contribution >= 4 is 27.7 Å². The standard InChI is InChI=1S/C29H31BrN2O3/c1-31-18-10-3-11-19-32(29(34)24-14-6-8-16-26(24)30)23(20-22-12-4-2-5-13-22)21-35-27-17-9-7-15-25(27)28(31)33/h2,4-9,12-17,23H,3,10-11,18-21H2,1H3/t23-/m1/s1. The Bertz CT molecular complexity index is 1150. The monoisotopic (exact) mass is 534 g/mol. The molecule has 0 bridgehead atoms. The van der Waals surface area contributed by atoms with Gasteiger partial charge in [0.15, 0.2) is 0 Å². The molecule has 0 aliphatic carbocycles. The number of para-hydroxylation sites is 1. The molecule has 1 aliphatic heterocycles. The van der Waals surface area contributed by atoms with Crippen LogP contribution >= 0.6 is 15.9 Å². The molecule has 0 spiro atoms. The zero-order chi connectivity index (χ0) is 24.6. The van der Waals surface area contributed by atoms with Crippen molar-refractivity contribution in [3.8, 4) is 5.75 Å². The maximum Gasteiger partial charge on any atom is 0.257 e. The lowest BCUT2D eigenvalue weighted by Crippen LogP contribution is -2.45. The molecule has 182 valence electrons. The Kier molecular flexibility index (Phi) is 8.59. The SMILES string of the molecule is CN1CCCCCN(C(=O)c2ccccc2Br)[C@H](Cc2ccccc2)COc2ccccc2C1=O. The fourth-order valence-electron chi connectivity index (χ4n) is 4.45. The quantitative estimate of drug-likeness (QED) is 0.424. The highest BCUT2D eigenvalue weighted by atomic mass is 79.9. The summed E-state index contributed by atoms with van der Waals surface area (Å²) in [6.45, 7) is 1.58. The van der Waals surface area contributed by atoms with Crippen LogP contribution in [0, 0.1) is 0 Å². The largest absolute Gasteiger partial charge is 0.491 e. The molecule has 1 heterocycles. The number of amides is 2. The maximum absolute atomic E-state index is 13.8. The van der Waals surface area contributed by atoms with Crippen molar-refractivity contribution in [2.24, 2.45) is 0 Å². The predicted octanol–water partition coefficient (Wildman–Crippen LogP) is 5.84. The van der Waals surface area contributed by atoms with E-state index in [-0.39, 0.29) is 17.9 Å². The van der Waals surface area contributed by atoms with E-state index in [1.807, 2.05) is 78.7 Å². The molecule has 1 aliphatic rings. The van der Waals surface area contributed by atoms with Crippen LogP contribution < -0.4 is 4.74 Å². The van der Waals surface area contributed by atoms with Gasteiger partial charge in [-0.2, -0.15) is 0 Å². The first-order valence-electron chi connectivity index (χ1n) is 12.1. The Hall–Kier alpha value is -3.12. The first-order valence-corrected chi connectivity index (χ1v) is 12.9. The van der Waals surface area contributed by atoms with E-state index in [4.69, 9.17) is 4.74 Å². The number of halogens is 1. The Morgan fingerprint density at radius 1 is 0.914 bits per heavy atom. The van der Waals surface area contributed by atoms with Crippen LogP contribution in [0.25, 0.3) is 0 Å². The zero-order valence-electron chi connectivity index (χ0n) is 20.0. The summed E-state index contributed by atoms with van der Waals surface area (Å²) >= 11 is 3.56. The minimum Gasteiger partial charge on any atom is -0.491 e. The van der Waals surface area contributed by atoms with Crippen molar-refractivity contribution in [2.75, 3.05) is 26.7 Å². The van der Waals surface area contributed by atoms with Gasteiger partial charge >= 0.3 is 0 Å². The van der Waals surface area contributed by atoms with Crippen molar-refractivity contribution in [3.05, 3.63) is 100 Å². The van der Waals surface area contributed by atoms with Crippen LogP contribution in [-0.2, 0) is 6.42 Å². The van der Waals surface area contributed by atoms with Crippen LogP contribution in [-0.4, -0.2) is 54.4 Å². The minimum atomic E-state index is -0.196. The third-order valence-electron chi connectivity index (χ3n) is 6.41.